The summed E-state index contributed by atoms with van der Waals surface area (Å²) in [5.41, 5.74) is 4.88. The molecule has 1 heterocycles. The summed E-state index contributed by atoms with van der Waals surface area (Å²) in [6.45, 7) is 0. The Balaban J connectivity index is 2.04. The van der Waals surface area contributed by atoms with Crippen molar-refractivity contribution in [2.24, 2.45) is 0 Å². The molecule has 0 aliphatic heterocycles. The highest BCUT2D eigenvalue weighted by Crippen LogP contribution is 2.31. The van der Waals surface area contributed by atoms with Crippen LogP contribution in [-0.4, -0.2) is 8.93 Å². The Morgan fingerprint density at radius 1 is 0.636 bits per heavy atom. The minimum Gasteiger partial charge on any atom is -0.309 e. The molecule has 3 aromatic carbocycles. The van der Waals surface area contributed by atoms with Gasteiger partial charge in [0.1, 0.15) is 0 Å². The van der Waals surface area contributed by atoms with Crippen molar-refractivity contribution < 1.29 is 0 Å². The molecule has 0 spiro atoms. The first-order chi connectivity index (χ1) is 10.8. The van der Waals surface area contributed by atoms with Crippen molar-refractivity contribution in [3.63, 3.8) is 0 Å². The van der Waals surface area contributed by atoms with Crippen molar-refractivity contribution in [2.75, 3.05) is 0 Å². The van der Waals surface area contributed by atoms with Gasteiger partial charge >= 0.3 is 4.36 Å². The van der Waals surface area contributed by atoms with Gasteiger partial charge in [-0.1, -0.05) is 54.0 Å². The van der Waals surface area contributed by atoms with Gasteiger partial charge in [-0.15, -0.1) is 31.5 Å². The number of benzene rings is 3. The Hall–Kier alpha value is -1.52. The third-order valence-corrected chi connectivity index (χ3v) is 5.04. The van der Waals surface area contributed by atoms with E-state index >= 15 is 0 Å². The summed E-state index contributed by atoms with van der Waals surface area (Å²) in [5, 5.41) is 2.59. The topological polar surface area (TPSA) is 4.93 Å². The van der Waals surface area contributed by atoms with Gasteiger partial charge in [0.25, 0.3) is 0 Å². The minimum absolute atomic E-state index is 0.187. The van der Waals surface area contributed by atoms with Crippen molar-refractivity contribution in [2.45, 2.75) is 0 Å². The molecule has 0 unspecified atom stereocenters. The van der Waals surface area contributed by atoms with Gasteiger partial charge in [0.05, 0.1) is 11.0 Å². The molecule has 0 bridgehead atoms. The van der Waals surface area contributed by atoms with Crippen LogP contribution in [-0.2, 0) is 0 Å². The minimum atomic E-state index is 0.187. The molecule has 4 rings (SSSR count). The van der Waals surface area contributed by atoms with E-state index in [0.717, 1.165) is 0 Å². The molecule has 22 heavy (non-hydrogen) atoms. The molecule has 4 aromatic rings. The largest absolute Gasteiger partial charge is 0.329 e. The van der Waals surface area contributed by atoms with Gasteiger partial charge < -0.3 is 4.57 Å². The summed E-state index contributed by atoms with van der Waals surface area (Å²) in [5.74, 6) is 0. The van der Waals surface area contributed by atoms with Gasteiger partial charge in [-0.2, -0.15) is 0 Å². The summed E-state index contributed by atoms with van der Waals surface area (Å²) < 4.78 is 2.51. The zero-order valence-corrected chi connectivity index (χ0v) is 14.9. The first-order valence-electron chi connectivity index (χ1n) is 7.12. The van der Waals surface area contributed by atoms with Crippen LogP contribution in [0.25, 0.3) is 27.5 Å². The fourth-order valence-corrected chi connectivity index (χ4v) is 3.58. The highest BCUT2D eigenvalue weighted by atomic mass is 79.9. The molecule has 0 fully saturated rings. The highest BCUT2D eigenvalue weighted by Gasteiger charge is 2.12. The lowest BCUT2D eigenvalue weighted by molar-refractivity contribution is 1.18. The molecule has 0 aliphatic rings. The second kappa shape index (κ2) is 5.60. The van der Waals surface area contributed by atoms with Crippen LogP contribution in [0.5, 0.6) is 0 Å². The number of hydrogen-bond donors (Lipinski definition) is 0. The predicted octanol–water partition coefficient (Wildman–Crippen LogP) is 5.27. The molecular formula is C18H12BBr2N. The van der Waals surface area contributed by atoms with Crippen LogP contribution in [0.3, 0.4) is 0 Å². The number of nitrogens with zero attached hydrogens (tertiary/aromatic N) is 1. The lowest BCUT2D eigenvalue weighted by Crippen LogP contribution is -2.16. The number of fused-ring (bicyclic) bond motifs is 3. The number of para-hydroxylation sites is 2. The summed E-state index contributed by atoms with van der Waals surface area (Å²) in [6, 6.07) is 25.8. The Kier molecular flexibility index (Phi) is 3.59. The van der Waals surface area contributed by atoms with Crippen LogP contribution >= 0.6 is 31.5 Å². The standard InChI is InChI=1S/C18H12BBr2N/c20-19(21)13-9-11-14(12-10-13)22-17-7-3-1-5-15(17)16-6-2-4-8-18(16)22/h1-12H. The Labute approximate surface area is 146 Å². The molecule has 106 valence electrons. The normalized spacial score (nSPS) is 11.2. The smallest absolute Gasteiger partial charge is 0.309 e. The number of halogens is 2. The molecule has 0 aliphatic carbocycles. The fourth-order valence-electron chi connectivity index (χ4n) is 2.97. The van der Waals surface area contributed by atoms with E-state index in [4.69, 9.17) is 0 Å². The zero-order valence-electron chi connectivity index (χ0n) is 11.7. The van der Waals surface area contributed by atoms with Crippen LogP contribution in [0.15, 0.2) is 72.8 Å². The summed E-state index contributed by atoms with van der Waals surface area (Å²) in [4.78, 5) is 0. The van der Waals surface area contributed by atoms with Crippen molar-refractivity contribution in [1.29, 1.82) is 0 Å². The molecule has 4 heteroatoms. The Bertz CT molecular complexity index is 905. The van der Waals surface area contributed by atoms with Crippen molar-refractivity contribution in [3.05, 3.63) is 72.8 Å². The molecule has 0 amide bonds. The van der Waals surface area contributed by atoms with E-state index in [1.807, 2.05) is 0 Å². The molecule has 0 N–H and O–H groups in total. The molecule has 0 radical (unpaired) electrons. The van der Waals surface area contributed by atoms with E-state index in [0.29, 0.717) is 0 Å². The third-order valence-electron chi connectivity index (χ3n) is 3.98. The Morgan fingerprint density at radius 3 is 1.64 bits per heavy atom. The van der Waals surface area contributed by atoms with Gasteiger partial charge in [0.2, 0.25) is 0 Å². The van der Waals surface area contributed by atoms with Gasteiger partial charge in [-0.25, -0.2) is 0 Å². The molecule has 0 saturated heterocycles. The van der Waals surface area contributed by atoms with Crippen LogP contribution in [0, 0.1) is 0 Å². The van der Waals surface area contributed by atoms with E-state index in [-0.39, 0.29) is 4.36 Å². The van der Waals surface area contributed by atoms with Crippen molar-refractivity contribution >= 4 is 63.1 Å². The summed E-state index contributed by atoms with van der Waals surface area (Å²) in [7, 11) is 0. The highest BCUT2D eigenvalue weighted by molar-refractivity contribution is 9.49. The molecule has 0 atom stereocenters. The van der Waals surface area contributed by atoms with Gasteiger partial charge in [0, 0.05) is 16.5 Å². The second-order valence-corrected chi connectivity index (χ2v) is 8.32. The maximum atomic E-state index is 3.55. The average Bonchev–Trinajstić information content (AvgIpc) is 2.89. The third kappa shape index (κ3) is 2.22. The van der Waals surface area contributed by atoms with E-state index in [1.165, 1.54) is 33.0 Å². The quantitative estimate of drug-likeness (QED) is 0.395. The monoisotopic (exact) mass is 411 g/mol. The van der Waals surface area contributed by atoms with E-state index in [1.54, 1.807) is 0 Å². The molecule has 1 nitrogen and oxygen atoms in total. The maximum Gasteiger partial charge on any atom is 0.329 e. The first kappa shape index (κ1) is 14.1. The number of aromatic nitrogens is 1. The SMILES string of the molecule is BrB(Br)c1ccc(-n2c3ccccc3c3ccccc32)cc1. The number of hydrogen-bond acceptors (Lipinski definition) is 0. The van der Waals surface area contributed by atoms with Crippen LogP contribution in [0.4, 0.5) is 0 Å². The Morgan fingerprint density at radius 2 is 1.14 bits per heavy atom. The van der Waals surface area contributed by atoms with Gasteiger partial charge in [-0.3, -0.25) is 0 Å². The van der Waals surface area contributed by atoms with Gasteiger partial charge in [0.15, 0.2) is 0 Å². The zero-order chi connectivity index (χ0) is 15.1. The fraction of sp³-hybridized carbons (Fsp3) is 0. The summed E-state index contributed by atoms with van der Waals surface area (Å²) >= 11 is 7.09. The van der Waals surface area contributed by atoms with Crippen LogP contribution in [0.2, 0.25) is 0 Å². The maximum absolute atomic E-state index is 3.55. The van der Waals surface area contributed by atoms with Crippen LogP contribution < -0.4 is 5.46 Å². The van der Waals surface area contributed by atoms with Crippen LogP contribution in [0.1, 0.15) is 0 Å². The lowest BCUT2D eigenvalue weighted by atomic mass is 9.95. The lowest BCUT2D eigenvalue weighted by Gasteiger charge is -2.09. The summed E-state index contributed by atoms with van der Waals surface area (Å²) in [6.07, 6.45) is 0. The van der Waals surface area contributed by atoms with Crippen molar-refractivity contribution in [1.82, 2.24) is 4.57 Å². The predicted molar refractivity (Wildman–Crippen MR) is 104 cm³/mol. The van der Waals surface area contributed by atoms with Crippen molar-refractivity contribution in [3.8, 4) is 5.69 Å². The molecular weight excluding hydrogens is 401 g/mol. The number of rotatable bonds is 2. The van der Waals surface area contributed by atoms with E-state index in [2.05, 4.69) is 109 Å². The first-order valence-corrected chi connectivity index (χ1v) is 8.95. The molecule has 0 saturated carbocycles. The molecule has 1 aromatic heterocycles. The van der Waals surface area contributed by atoms with Gasteiger partial charge in [-0.05, 0) is 24.3 Å². The second-order valence-electron chi connectivity index (χ2n) is 5.26. The van der Waals surface area contributed by atoms with E-state index in [9.17, 15) is 0 Å². The average molecular weight is 413 g/mol. The van der Waals surface area contributed by atoms with E-state index < -0.39 is 0 Å².